The van der Waals surface area contributed by atoms with Crippen molar-refractivity contribution in [2.45, 2.75) is 18.9 Å². The number of halogens is 1. The second kappa shape index (κ2) is 6.95. The Morgan fingerprint density at radius 3 is 2.88 bits per heavy atom. The van der Waals surface area contributed by atoms with Gasteiger partial charge >= 0.3 is 0 Å². The van der Waals surface area contributed by atoms with Crippen LogP contribution in [0.25, 0.3) is 10.2 Å². The first-order chi connectivity index (χ1) is 12.6. The van der Waals surface area contributed by atoms with Gasteiger partial charge in [0.15, 0.2) is 0 Å². The molecule has 26 heavy (non-hydrogen) atoms. The highest BCUT2D eigenvalue weighted by molar-refractivity contribution is 7.20. The van der Waals surface area contributed by atoms with Crippen LogP contribution in [0.15, 0.2) is 35.3 Å². The minimum atomic E-state index is -0.809. The number of likely N-dealkylation sites (tertiary alicyclic amines) is 1. The molecule has 1 atom stereocenters. The van der Waals surface area contributed by atoms with E-state index in [0.29, 0.717) is 36.6 Å². The van der Waals surface area contributed by atoms with E-state index < -0.39 is 11.8 Å². The molecule has 6 nitrogen and oxygen atoms in total. The van der Waals surface area contributed by atoms with Gasteiger partial charge in [0.25, 0.3) is 11.1 Å². The van der Waals surface area contributed by atoms with Crippen molar-refractivity contribution in [2.24, 2.45) is 10.9 Å². The monoisotopic (exact) mass is 373 g/mol. The van der Waals surface area contributed by atoms with E-state index in [2.05, 4.69) is 9.98 Å². The van der Waals surface area contributed by atoms with Crippen LogP contribution in [-0.2, 0) is 9.59 Å². The number of allylic oxidation sites excluding steroid dienone is 1. The van der Waals surface area contributed by atoms with Crippen LogP contribution in [0, 0.1) is 11.7 Å². The van der Waals surface area contributed by atoms with Crippen molar-refractivity contribution in [1.29, 1.82) is 0 Å². The Balaban J connectivity index is 1.35. The van der Waals surface area contributed by atoms with Crippen LogP contribution in [0.5, 0.6) is 5.19 Å². The number of rotatable bonds is 3. The first-order valence-corrected chi connectivity index (χ1v) is 9.18. The van der Waals surface area contributed by atoms with Gasteiger partial charge in [0.05, 0.1) is 10.2 Å². The summed E-state index contributed by atoms with van der Waals surface area (Å²) in [4.78, 5) is 33.9. The molecule has 2 aliphatic heterocycles. The summed E-state index contributed by atoms with van der Waals surface area (Å²) in [6.45, 7) is 1.04. The fraction of sp³-hybridized carbons (Fsp3) is 0.333. The lowest BCUT2D eigenvalue weighted by molar-refractivity contribution is -0.140. The molecular formula is C18H16FN3O3S. The Morgan fingerprint density at radius 2 is 2.12 bits per heavy atom. The van der Waals surface area contributed by atoms with E-state index in [1.165, 1.54) is 29.7 Å². The number of carbonyl (C=O) groups is 2. The molecule has 8 heteroatoms. The third kappa shape index (κ3) is 3.37. The van der Waals surface area contributed by atoms with Gasteiger partial charge in [-0.25, -0.2) is 14.4 Å². The van der Waals surface area contributed by atoms with E-state index in [0.717, 1.165) is 4.70 Å². The van der Waals surface area contributed by atoms with Crippen molar-refractivity contribution in [2.75, 3.05) is 13.1 Å². The van der Waals surface area contributed by atoms with Crippen molar-refractivity contribution < 1.29 is 18.7 Å². The van der Waals surface area contributed by atoms with E-state index in [1.54, 1.807) is 23.1 Å². The lowest BCUT2D eigenvalue weighted by Gasteiger charge is -2.33. The molecule has 0 aliphatic carbocycles. The molecule has 1 unspecified atom stereocenters. The molecule has 1 aromatic carbocycles. The van der Waals surface area contributed by atoms with Gasteiger partial charge in [-0.2, -0.15) is 0 Å². The standard InChI is InChI=1S/C18H16FN3O3S/c19-11-3-4-14-15(10-11)26-18(21-14)25-12-5-8-22(9-6-12)17(24)13-2-1-7-20-16(13)23/h1-4,7,10,12-13H,5-6,8-9H2. The number of benzene rings is 1. The summed E-state index contributed by atoms with van der Waals surface area (Å²) in [5.41, 5.74) is 0.710. The highest BCUT2D eigenvalue weighted by atomic mass is 32.1. The summed E-state index contributed by atoms with van der Waals surface area (Å²) in [5.74, 6) is -1.73. The predicted molar refractivity (Wildman–Crippen MR) is 95.9 cm³/mol. The Morgan fingerprint density at radius 1 is 1.31 bits per heavy atom. The molecule has 0 N–H and O–H groups in total. The third-order valence-electron chi connectivity index (χ3n) is 4.48. The van der Waals surface area contributed by atoms with E-state index in [4.69, 9.17) is 4.74 Å². The minimum absolute atomic E-state index is 0.0555. The van der Waals surface area contributed by atoms with Crippen molar-refractivity contribution in [3.63, 3.8) is 0 Å². The van der Waals surface area contributed by atoms with Gasteiger partial charge in [-0.15, -0.1) is 0 Å². The second-order valence-electron chi connectivity index (χ2n) is 6.21. The van der Waals surface area contributed by atoms with Gasteiger partial charge in [0.1, 0.15) is 17.8 Å². The number of amides is 2. The fourth-order valence-electron chi connectivity index (χ4n) is 3.09. The maximum Gasteiger partial charge on any atom is 0.274 e. The second-order valence-corrected chi connectivity index (χ2v) is 7.21. The zero-order valence-electron chi connectivity index (χ0n) is 13.8. The summed E-state index contributed by atoms with van der Waals surface area (Å²) in [7, 11) is 0. The van der Waals surface area contributed by atoms with Crippen LogP contribution in [-0.4, -0.2) is 47.1 Å². The van der Waals surface area contributed by atoms with Crippen molar-refractivity contribution in [3.8, 4) is 5.19 Å². The Kier molecular flexibility index (Phi) is 4.50. The molecule has 1 fully saturated rings. The topological polar surface area (TPSA) is 71.9 Å². The molecule has 1 aromatic heterocycles. The average Bonchev–Trinajstić information content (AvgIpc) is 3.03. The third-order valence-corrected chi connectivity index (χ3v) is 5.38. The van der Waals surface area contributed by atoms with Gasteiger partial charge in [0, 0.05) is 32.1 Å². The van der Waals surface area contributed by atoms with Gasteiger partial charge in [-0.1, -0.05) is 17.4 Å². The summed E-state index contributed by atoms with van der Waals surface area (Å²) in [5, 5.41) is 0.509. The maximum atomic E-state index is 13.3. The number of hydrogen-bond acceptors (Lipinski definition) is 5. The van der Waals surface area contributed by atoms with Crippen LogP contribution in [0.3, 0.4) is 0 Å². The van der Waals surface area contributed by atoms with Gasteiger partial charge in [0.2, 0.25) is 5.91 Å². The normalized spacial score (nSPS) is 20.7. The van der Waals surface area contributed by atoms with Crippen molar-refractivity contribution >= 4 is 39.6 Å². The predicted octanol–water partition coefficient (Wildman–Crippen LogP) is 2.59. The molecule has 1 saturated heterocycles. The Bertz CT molecular complexity index is 916. The zero-order valence-corrected chi connectivity index (χ0v) is 14.6. The maximum absolute atomic E-state index is 13.3. The van der Waals surface area contributed by atoms with Crippen molar-refractivity contribution in [1.82, 2.24) is 9.88 Å². The molecule has 0 spiro atoms. The first kappa shape index (κ1) is 16.8. The lowest BCUT2D eigenvalue weighted by atomic mass is 10.0. The largest absolute Gasteiger partial charge is 0.467 e. The quantitative estimate of drug-likeness (QED) is 0.776. The zero-order chi connectivity index (χ0) is 18.1. The molecular weight excluding hydrogens is 357 g/mol. The molecule has 0 bridgehead atoms. The average molecular weight is 373 g/mol. The van der Waals surface area contributed by atoms with Crippen LogP contribution in [0.4, 0.5) is 4.39 Å². The molecule has 0 saturated carbocycles. The van der Waals surface area contributed by atoms with Gasteiger partial charge in [-0.3, -0.25) is 9.59 Å². The molecule has 2 aliphatic rings. The fourth-order valence-corrected chi connectivity index (χ4v) is 3.99. The van der Waals surface area contributed by atoms with Gasteiger partial charge < -0.3 is 9.64 Å². The van der Waals surface area contributed by atoms with E-state index >= 15 is 0 Å². The molecule has 134 valence electrons. The molecule has 0 radical (unpaired) electrons. The summed E-state index contributed by atoms with van der Waals surface area (Å²) >= 11 is 1.31. The Labute approximate surface area is 153 Å². The van der Waals surface area contributed by atoms with Gasteiger partial charge in [-0.05, 0) is 24.3 Å². The number of ether oxygens (including phenoxy) is 1. The van der Waals surface area contributed by atoms with Crippen LogP contribution < -0.4 is 4.74 Å². The number of aliphatic imine (C=N–C) groups is 1. The van der Waals surface area contributed by atoms with Crippen LogP contribution >= 0.6 is 11.3 Å². The molecule has 4 rings (SSSR count). The SMILES string of the molecule is O=C1N=CC=CC1C(=O)N1CCC(Oc2nc3ccc(F)cc3s2)CC1. The number of carbonyl (C=O) groups excluding carboxylic acids is 2. The van der Waals surface area contributed by atoms with E-state index in [-0.39, 0.29) is 17.8 Å². The van der Waals surface area contributed by atoms with Crippen LogP contribution in [0.1, 0.15) is 12.8 Å². The minimum Gasteiger partial charge on any atom is -0.467 e. The summed E-state index contributed by atoms with van der Waals surface area (Å²) in [6.07, 6.45) is 5.86. The number of piperidine rings is 1. The number of dihydropyridines is 1. The Hall–Kier alpha value is -2.61. The lowest BCUT2D eigenvalue weighted by Crippen LogP contribution is -2.45. The van der Waals surface area contributed by atoms with E-state index in [1.807, 2.05) is 0 Å². The van der Waals surface area contributed by atoms with E-state index in [9.17, 15) is 14.0 Å². The number of thiazole rings is 1. The number of fused-ring (bicyclic) bond motifs is 1. The number of nitrogens with zero attached hydrogens (tertiary/aromatic N) is 3. The number of aromatic nitrogens is 1. The number of hydrogen-bond donors (Lipinski definition) is 0. The highest BCUT2D eigenvalue weighted by Gasteiger charge is 2.32. The molecule has 2 amide bonds. The van der Waals surface area contributed by atoms with Crippen molar-refractivity contribution in [3.05, 3.63) is 36.2 Å². The molecule has 2 aromatic rings. The summed E-state index contributed by atoms with van der Waals surface area (Å²) < 4.78 is 19.9. The first-order valence-electron chi connectivity index (χ1n) is 8.36. The van der Waals surface area contributed by atoms with Crippen LogP contribution in [0.2, 0.25) is 0 Å². The smallest absolute Gasteiger partial charge is 0.274 e. The highest BCUT2D eigenvalue weighted by Crippen LogP contribution is 2.30. The summed E-state index contributed by atoms with van der Waals surface area (Å²) in [6, 6.07) is 4.45. The molecule has 3 heterocycles.